The van der Waals surface area contributed by atoms with Crippen LogP contribution in [0.2, 0.25) is 0 Å². The quantitative estimate of drug-likeness (QED) is 0.169. The molecule has 0 unspecified atom stereocenters. The first-order chi connectivity index (χ1) is 29.0. The molecular weight excluding hydrogens is 721 g/mol. The van der Waals surface area contributed by atoms with Gasteiger partial charge in [-0.1, -0.05) is 178 Å². The average molecular weight is 759 g/mol. The number of para-hydroxylation sites is 1. The van der Waals surface area contributed by atoms with Crippen molar-refractivity contribution in [2.75, 3.05) is 0 Å². The van der Waals surface area contributed by atoms with E-state index in [0.29, 0.717) is 17.3 Å². The fraction of sp³-hybridized carbons (Fsp3) is 0.0545. The second-order valence-corrected chi connectivity index (χ2v) is 15.8. The smallest absolute Gasteiger partial charge is 0.178 e. The van der Waals surface area contributed by atoms with E-state index in [4.69, 9.17) is 19.4 Å². The third-order valence-electron chi connectivity index (χ3n) is 11.8. The van der Waals surface area contributed by atoms with Crippen molar-refractivity contribution < 1.29 is 9.47 Å². The van der Waals surface area contributed by atoms with Crippen LogP contribution in [0.3, 0.4) is 0 Å². The number of fused-ring (bicyclic) bond motifs is 6. The van der Waals surface area contributed by atoms with E-state index >= 15 is 0 Å². The Kier molecular flexibility index (Phi) is 8.12. The van der Waals surface area contributed by atoms with E-state index in [1.165, 1.54) is 16.7 Å². The number of hydrogen-bond acceptors (Lipinski definition) is 4. The van der Waals surface area contributed by atoms with Gasteiger partial charge in [-0.3, -0.25) is 0 Å². The molecular formula is C55H38N2O2. The first-order valence-electron chi connectivity index (χ1n) is 20.1. The Morgan fingerprint density at radius 2 is 0.898 bits per heavy atom. The second-order valence-electron chi connectivity index (χ2n) is 15.8. The van der Waals surface area contributed by atoms with E-state index in [9.17, 15) is 0 Å². The maximum atomic E-state index is 6.94. The number of nitrogens with zero attached hydrogens (tertiary/aromatic N) is 2. The summed E-state index contributed by atoms with van der Waals surface area (Å²) >= 11 is 0. The number of hydrogen-bond donors (Lipinski definition) is 0. The summed E-state index contributed by atoms with van der Waals surface area (Å²) < 4.78 is 13.5. The van der Waals surface area contributed by atoms with Crippen molar-refractivity contribution in [3.63, 3.8) is 0 Å². The van der Waals surface area contributed by atoms with Gasteiger partial charge in [0.25, 0.3) is 0 Å². The number of benzene rings is 8. The van der Waals surface area contributed by atoms with Crippen molar-refractivity contribution in [3.05, 3.63) is 205 Å². The van der Waals surface area contributed by atoms with Gasteiger partial charge in [-0.25, -0.2) is 9.97 Å². The number of ether oxygens (including phenoxy) is 2. The summed E-state index contributed by atoms with van der Waals surface area (Å²) in [4.78, 5) is 10.4. The monoisotopic (exact) mass is 758 g/mol. The molecule has 11 rings (SSSR count). The summed E-state index contributed by atoms with van der Waals surface area (Å²) in [6, 6.07) is 67.6. The Bertz CT molecular complexity index is 2960. The molecule has 1 aliphatic heterocycles. The zero-order valence-corrected chi connectivity index (χ0v) is 32.7. The molecule has 59 heavy (non-hydrogen) atoms. The van der Waals surface area contributed by atoms with Crippen molar-refractivity contribution >= 4 is 0 Å². The lowest BCUT2D eigenvalue weighted by Gasteiger charge is -2.26. The molecule has 0 saturated carbocycles. The van der Waals surface area contributed by atoms with Gasteiger partial charge >= 0.3 is 0 Å². The van der Waals surface area contributed by atoms with E-state index in [1.807, 2.05) is 30.3 Å². The van der Waals surface area contributed by atoms with Gasteiger partial charge < -0.3 is 9.47 Å². The minimum absolute atomic E-state index is 0.143. The SMILES string of the molecule is CC1(C)c2ccccc2-c2c1ccc1c2Oc2c(cccc2-c2ccc(-c3cc(-c4cccc(-c5ccccc5)c4)nc(-c4cccc(-c5ccccc5)c4)n3)cc2)O1. The summed E-state index contributed by atoms with van der Waals surface area (Å²) in [5.74, 6) is 3.58. The van der Waals surface area contributed by atoms with E-state index < -0.39 is 0 Å². The van der Waals surface area contributed by atoms with Gasteiger partial charge in [0.05, 0.1) is 11.4 Å². The molecule has 4 heteroatoms. The average Bonchev–Trinajstić information content (AvgIpc) is 3.54. The minimum atomic E-state index is -0.143. The number of rotatable bonds is 6. The molecule has 0 saturated heterocycles. The van der Waals surface area contributed by atoms with Crippen molar-refractivity contribution in [1.29, 1.82) is 0 Å². The fourth-order valence-corrected chi connectivity index (χ4v) is 8.72. The Labute approximate surface area is 344 Å². The van der Waals surface area contributed by atoms with Gasteiger partial charge in [0, 0.05) is 33.2 Å². The highest BCUT2D eigenvalue weighted by atomic mass is 16.6. The fourth-order valence-electron chi connectivity index (χ4n) is 8.72. The van der Waals surface area contributed by atoms with Crippen LogP contribution in [0, 0.1) is 0 Å². The molecule has 0 fully saturated rings. The van der Waals surface area contributed by atoms with Crippen LogP contribution in [0.4, 0.5) is 0 Å². The Morgan fingerprint density at radius 3 is 1.63 bits per heavy atom. The van der Waals surface area contributed by atoms with Crippen LogP contribution in [-0.2, 0) is 5.41 Å². The highest BCUT2D eigenvalue weighted by Crippen LogP contribution is 2.59. The van der Waals surface area contributed by atoms with Gasteiger partial charge in [0.15, 0.2) is 28.8 Å². The molecule has 8 aromatic carbocycles. The molecule has 0 amide bonds. The van der Waals surface area contributed by atoms with Crippen molar-refractivity contribution in [1.82, 2.24) is 9.97 Å². The molecule has 280 valence electrons. The first-order valence-corrected chi connectivity index (χ1v) is 20.1. The lowest BCUT2D eigenvalue weighted by molar-refractivity contribution is 0.361. The van der Waals surface area contributed by atoms with Crippen molar-refractivity contribution in [2.45, 2.75) is 19.3 Å². The Hall–Kier alpha value is -7.56. The normalized spacial score (nSPS) is 13.0. The van der Waals surface area contributed by atoms with Crippen LogP contribution in [-0.4, -0.2) is 9.97 Å². The Balaban J connectivity index is 0.988. The van der Waals surface area contributed by atoms with E-state index in [2.05, 4.69) is 178 Å². The van der Waals surface area contributed by atoms with Crippen molar-refractivity contribution in [3.8, 4) is 101 Å². The molecule has 2 heterocycles. The second kappa shape index (κ2) is 13.8. The van der Waals surface area contributed by atoms with Crippen LogP contribution >= 0.6 is 0 Å². The summed E-state index contributed by atoms with van der Waals surface area (Å²) in [6.07, 6.45) is 0. The number of aromatic nitrogens is 2. The molecule has 0 bridgehead atoms. The predicted octanol–water partition coefficient (Wildman–Crippen LogP) is 14.7. The predicted molar refractivity (Wildman–Crippen MR) is 239 cm³/mol. The third kappa shape index (κ3) is 6.00. The molecule has 4 nitrogen and oxygen atoms in total. The van der Waals surface area contributed by atoms with Crippen LogP contribution in [0.5, 0.6) is 23.0 Å². The molecule has 0 N–H and O–H groups in total. The zero-order valence-electron chi connectivity index (χ0n) is 32.7. The molecule has 2 aliphatic rings. The van der Waals surface area contributed by atoms with Gasteiger partial charge in [-0.05, 0) is 74.8 Å². The molecule has 9 aromatic rings. The van der Waals surface area contributed by atoms with Crippen LogP contribution in [0.15, 0.2) is 194 Å². The minimum Gasteiger partial charge on any atom is -0.449 e. The maximum Gasteiger partial charge on any atom is 0.178 e. The van der Waals surface area contributed by atoms with Gasteiger partial charge in [-0.15, -0.1) is 0 Å². The summed E-state index contributed by atoms with van der Waals surface area (Å²) in [5, 5.41) is 0. The highest BCUT2D eigenvalue weighted by molar-refractivity contribution is 5.89. The van der Waals surface area contributed by atoms with Crippen LogP contribution in [0.1, 0.15) is 25.0 Å². The Morgan fingerprint density at radius 1 is 0.356 bits per heavy atom. The van der Waals surface area contributed by atoms with Gasteiger partial charge in [-0.2, -0.15) is 0 Å². The summed E-state index contributed by atoms with van der Waals surface area (Å²) in [6.45, 7) is 4.56. The van der Waals surface area contributed by atoms with Crippen LogP contribution in [0.25, 0.3) is 78.4 Å². The lowest BCUT2D eigenvalue weighted by Crippen LogP contribution is -2.15. The molecule has 1 aliphatic carbocycles. The lowest BCUT2D eigenvalue weighted by atomic mass is 9.82. The van der Waals surface area contributed by atoms with E-state index in [1.54, 1.807) is 0 Å². The van der Waals surface area contributed by atoms with E-state index in [-0.39, 0.29) is 5.41 Å². The van der Waals surface area contributed by atoms with Crippen molar-refractivity contribution in [2.24, 2.45) is 0 Å². The summed E-state index contributed by atoms with van der Waals surface area (Å²) in [7, 11) is 0. The first kappa shape index (κ1) is 34.7. The third-order valence-corrected chi connectivity index (χ3v) is 11.8. The van der Waals surface area contributed by atoms with E-state index in [0.717, 1.165) is 78.5 Å². The van der Waals surface area contributed by atoms with Gasteiger partial charge in [0.1, 0.15) is 0 Å². The largest absolute Gasteiger partial charge is 0.449 e. The highest BCUT2D eigenvalue weighted by Gasteiger charge is 2.39. The topological polar surface area (TPSA) is 44.2 Å². The molecule has 0 atom stereocenters. The molecule has 0 spiro atoms. The maximum absolute atomic E-state index is 6.94. The van der Waals surface area contributed by atoms with Gasteiger partial charge in [0.2, 0.25) is 0 Å². The molecule has 0 radical (unpaired) electrons. The standard InChI is InChI=1S/C55H38N2O2/c1-55(2)45-24-10-9-22-44(45)51-46(55)30-31-50-53(51)59-52-43(23-13-25-49(52)58-50)37-26-28-38(29-27-37)47-34-48(41-20-11-18-39(32-41)35-14-5-3-6-15-35)57-54(56-47)42-21-12-19-40(33-42)36-16-7-4-8-17-36/h3-34H,1-2H3. The summed E-state index contributed by atoms with van der Waals surface area (Å²) in [5.41, 5.74) is 15.9. The molecule has 1 aromatic heterocycles. The van der Waals surface area contributed by atoms with Crippen LogP contribution < -0.4 is 9.47 Å². The zero-order chi connectivity index (χ0) is 39.5.